The lowest BCUT2D eigenvalue weighted by Crippen LogP contribution is -2.11. The van der Waals surface area contributed by atoms with Crippen LogP contribution in [0.3, 0.4) is 0 Å². The summed E-state index contributed by atoms with van der Waals surface area (Å²) in [5, 5.41) is 11.6. The van der Waals surface area contributed by atoms with E-state index in [1.165, 1.54) is 0 Å². The number of pyridine rings is 1. The van der Waals surface area contributed by atoms with Crippen LogP contribution in [0.4, 0.5) is 5.82 Å². The molecule has 0 fully saturated rings. The van der Waals surface area contributed by atoms with Crippen molar-refractivity contribution in [3.63, 3.8) is 0 Å². The molecule has 3 rings (SSSR count). The van der Waals surface area contributed by atoms with Crippen LogP contribution in [0, 0.1) is 13.8 Å². The molecule has 0 aliphatic heterocycles. The summed E-state index contributed by atoms with van der Waals surface area (Å²) >= 11 is 0. The van der Waals surface area contributed by atoms with Crippen molar-refractivity contribution in [3.05, 3.63) is 47.9 Å². The van der Waals surface area contributed by atoms with Crippen LogP contribution in [0.15, 0.2) is 30.6 Å². The zero-order valence-corrected chi connectivity index (χ0v) is 13.5. The molecule has 0 amide bonds. The second-order valence-electron chi connectivity index (χ2n) is 5.35. The average molecular weight is 309 g/mol. The zero-order valence-electron chi connectivity index (χ0n) is 13.5. The van der Waals surface area contributed by atoms with Crippen LogP contribution in [0.5, 0.6) is 0 Å². The van der Waals surface area contributed by atoms with E-state index in [-0.39, 0.29) is 0 Å². The molecule has 0 aliphatic carbocycles. The highest BCUT2D eigenvalue weighted by Crippen LogP contribution is 2.16. The van der Waals surface area contributed by atoms with E-state index >= 15 is 0 Å². The summed E-state index contributed by atoms with van der Waals surface area (Å²) in [6.45, 7) is 4.64. The van der Waals surface area contributed by atoms with Crippen LogP contribution in [0.2, 0.25) is 0 Å². The Morgan fingerprint density at radius 1 is 1.09 bits per heavy atom. The average Bonchev–Trinajstić information content (AvgIpc) is 2.87. The second kappa shape index (κ2) is 6.51. The molecule has 3 heterocycles. The molecule has 0 spiro atoms. The standard InChI is InChI=1S/C16H19N7/c1-11-10-14(18-9-6-15-22-21-12(2)23(15)3)20-16(19-11)13-4-7-17-8-5-13/h4-5,7-8,10H,6,9H2,1-3H3,(H,18,19,20). The molecule has 0 bridgehead atoms. The molecule has 1 N–H and O–H groups in total. The first-order chi connectivity index (χ1) is 11.1. The lowest BCUT2D eigenvalue weighted by Gasteiger charge is -2.08. The fraction of sp³-hybridized carbons (Fsp3) is 0.312. The quantitative estimate of drug-likeness (QED) is 0.775. The molecule has 3 aromatic rings. The largest absolute Gasteiger partial charge is 0.369 e. The Hall–Kier alpha value is -2.83. The minimum atomic E-state index is 0.699. The van der Waals surface area contributed by atoms with Crippen LogP contribution in [0.1, 0.15) is 17.3 Å². The van der Waals surface area contributed by atoms with E-state index in [0.717, 1.165) is 41.7 Å². The van der Waals surface area contributed by atoms with Crippen LogP contribution < -0.4 is 5.32 Å². The molecule has 0 atom stereocenters. The van der Waals surface area contributed by atoms with Gasteiger partial charge >= 0.3 is 0 Å². The van der Waals surface area contributed by atoms with Crippen molar-refractivity contribution in [1.82, 2.24) is 29.7 Å². The molecule has 23 heavy (non-hydrogen) atoms. The monoisotopic (exact) mass is 309 g/mol. The smallest absolute Gasteiger partial charge is 0.161 e. The Bertz CT molecular complexity index is 795. The Kier molecular flexibility index (Phi) is 4.27. The molecule has 118 valence electrons. The molecule has 7 nitrogen and oxygen atoms in total. The normalized spacial score (nSPS) is 10.7. The van der Waals surface area contributed by atoms with Gasteiger partial charge in [-0.1, -0.05) is 0 Å². The maximum absolute atomic E-state index is 4.57. The van der Waals surface area contributed by atoms with Gasteiger partial charge in [0, 0.05) is 49.7 Å². The number of aryl methyl sites for hydroxylation is 2. The van der Waals surface area contributed by atoms with Gasteiger partial charge in [-0.3, -0.25) is 4.98 Å². The second-order valence-corrected chi connectivity index (χ2v) is 5.35. The van der Waals surface area contributed by atoms with Crippen LogP contribution in [-0.2, 0) is 13.5 Å². The van der Waals surface area contributed by atoms with E-state index in [4.69, 9.17) is 0 Å². The fourth-order valence-corrected chi connectivity index (χ4v) is 2.26. The van der Waals surface area contributed by atoms with Gasteiger partial charge in [-0.05, 0) is 26.0 Å². The minimum absolute atomic E-state index is 0.699. The fourth-order valence-electron chi connectivity index (χ4n) is 2.26. The van der Waals surface area contributed by atoms with Crippen molar-refractivity contribution in [2.45, 2.75) is 20.3 Å². The van der Waals surface area contributed by atoms with Gasteiger partial charge < -0.3 is 9.88 Å². The van der Waals surface area contributed by atoms with Gasteiger partial charge in [-0.2, -0.15) is 0 Å². The van der Waals surface area contributed by atoms with Gasteiger partial charge in [0.25, 0.3) is 0 Å². The topological polar surface area (TPSA) is 81.4 Å². The van der Waals surface area contributed by atoms with Crippen molar-refractivity contribution < 1.29 is 0 Å². The van der Waals surface area contributed by atoms with E-state index < -0.39 is 0 Å². The number of hydrogen-bond donors (Lipinski definition) is 1. The predicted molar refractivity (Wildman–Crippen MR) is 87.9 cm³/mol. The molecule has 0 aliphatic rings. The lowest BCUT2D eigenvalue weighted by atomic mass is 10.2. The van der Waals surface area contributed by atoms with Crippen molar-refractivity contribution in [2.24, 2.45) is 7.05 Å². The summed E-state index contributed by atoms with van der Waals surface area (Å²) < 4.78 is 2.00. The first-order valence-corrected chi connectivity index (χ1v) is 7.48. The predicted octanol–water partition coefficient (Wildman–Crippen LogP) is 1.94. The SMILES string of the molecule is Cc1cc(NCCc2nnc(C)n2C)nc(-c2ccncc2)n1. The molecule has 0 saturated carbocycles. The van der Waals surface area contributed by atoms with E-state index in [0.29, 0.717) is 5.82 Å². The number of aromatic nitrogens is 6. The maximum atomic E-state index is 4.57. The van der Waals surface area contributed by atoms with E-state index in [1.54, 1.807) is 12.4 Å². The molecular formula is C16H19N7. The number of nitrogens with one attached hydrogen (secondary N) is 1. The van der Waals surface area contributed by atoms with Crippen LogP contribution in [-0.4, -0.2) is 36.3 Å². The molecule has 0 saturated heterocycles. The molecular weight excluding hydrogens is 290 g/mol. The Morgan fingerprint density at radius 3 is 2.57 bits per heavy atom. The van der Waals surface area contributed by atoms with E-state index in [1.807, 2.05) is 43.7 Å². The van der Waals surface area contributed by atoms with Crippen molar-refractivity contribution in [1.29, 1.82) is 0 Å². The third kappa shape index (κ3) is 3.50. The highest BCUT2D eigenvalue weighted by Gasteiger charge is 2.07. The Labute approximate surface area is 134 Å². The first-order valence-electron chi connectivity index (χ1n) is 7.48. The van der Waals surface area contributed by atoms with Gasteiger partial charge in [-0.25, -0.2) is 9.97 Å². The highest BCUT2D eigenvalue weighted by molar-refractivity contribution is 5.56. The summed E-state index contributed by atoms with van der Waals surface area (Å²) in [6.07, 6.45) is 4.26. The molecule has 0 radical (unpaired) electrons. The molecule has 0 unspecified atom stereocenters. The maximum Gasteiger partial charge on any atom is 0.161 e. The summed E-state index contributed by atoms with van der Waals surface area (Å²) in [5.41, 5.74) is 1.87. The summed E-state index contributed by atoms with van der Waals surface area (Å²) in [6, 6.07) is 5.74. The number of anilines is 1. The number of rotatable bonds is 5. The third-order valence-corrected chi connectivity index (χ3v) is 3.63. The van der Waals surface area contributed by atoms with Crippen molar-refractivity contribution >= 4 is 5.82 Å². The Balaban J connectivity index is 1.71. The highest BCUT2D eigenvalue weighted by atomic mass is 15.3. The van der Waals surface area contributed by atoms with Gasteiger partial charge in [0.1, 0.15) is 17.5 Å². The summed E-state index contributed by atoms with van der Waals surface area (Å²) in [7, 11) is 1.97. The van der Waals surface area contributed by atoms with Gasteiger partial charge in [0.15, 0.2) is 5.82 Å². The number of nitrogens with zero attached hydrogens (tertiary/aromatic N) is 6. The van der Waals surface area contributed by atoms with Crippen molar-refractivity contribution in [3.8, 4) is 11.4 Å². The molecule has 0 aromatic carbocycles. The Morgan fingerprint density at radius 2 is 1.87 bits per heavy atom. The summed E-state index contributed by atoms with van der Waals surface area (Å²) in [5.74, 6) is 3.38. The minimum Gasteiger partial charge on any atom is -0.369 e. The van der Waals surface area contributed by atoms with E-state index in [9.17, 15) is 0 Å². The third-order valence-electron chi connectivity index (χ3n) is 3.63. The molecule has 7 heteroatoms. The van der Waals surface area contributed by atoms with Crippen LogP contribution in [0.25, 0.3) is 11.4 Å². The van der Waals surface area contributed by atoms with Crippen molar-refractivity contribution in [2.75, 3.05) is 11.9 Å². The van der Waals surface area contributed by atoms with E-state index in [2.05, 4.69) is 30.5 Å². The first kappa shape index (κ1) is 15.1. The van der Waals surface area contributed by atoms with Gasteiger partial charge in [0.05, 0.1) is 0 Å². The zero-order chi connectivity index (χ0) is 16.2. The van der Waals surface area contributed by atoms with Crippen LogP contribution >= 0.6 is 0 Å². The van der Waals surface area contributed by atoms with Gasteiger partial charge in [-0.15, -0.1) is 10.2 Å². The lowest BCUT2D eigenvalue weighted by molar-refractivity contribution is 0.770. The number of hydrogen-bond acceptors (Lipinski definition) is 6. The summed E-state index contributed by atoms with van der Waals surface area (Å²) in [4.78, 5) is 13.1. The van der Waals surface area contributed by atoms with Gasteiger partial charge in [0.2, 0.25) is 0 Å². The molecule has 3 aromatic heterocycles.